The van der Waals surface area contributed by atoms with E-state index in [0.717, 1.165) is 32.0 Å². The third-order valence-corrected chi connectivity index (χ3v) is 6.70. The monoisotopic (exact) mass is 512 g/mol. The Kier molecular flexibility index (Phi) is 8.58. The van der Waals surface area contributed by atoms with Crippen LogP contribution in [0.3, 0.4) is 0 Å². The summed E-state index contributed by atoms with van der Waals surface area (Å²) in [4.78, 5) is 12.3. The van der Waals surface area contributed by atoms with E-state index in [4.69, 9.17) is 0 Å². The summed E-state index contributed by atoms with van der Waals surface area (Å²) in [6.45, 7) is 11.6. The van der Waals surface area contributed by atoms with Crippen LogP contribution < -0.4 is 10.6 Å². The third kappa shape index (κ3) is 6.06. The van der Waals surface area contributed by atoms with E-state index >= 15 is 0 Å². The summed E-state index contributed by atoms with van der Waals surface area (Å²) in [6.07, 6.45) is 2.33. The first-order valence-corrected chi connectivity index (χ1v) is 10.9. The molecular weight excluding hydrogens is 475 g/mol. The van der Waals surface area contributed by atoms with E-state index in [-0.39, 0.29) is 24.0 Å². The summed E-state index contributed by atoms with van der Waals surface area (Å²) in [5.41, 5.74) is 1.41. The van der Waals surface area contributed by atoms with Gasteiger partial charge in [0.15, 0.2) is 5.96 Å². The summed E-state index contributed by atoms with van der Waals surface area (Å²) >= 11 is 0. The average molecular weight is 512 g/mol. The number of benzene rings is 1. The van der Waals surface area contributed by atoms with Crippen LogP contribution in [0.2, 0.25) is 0 Å². The standard InChI is InChI=1S/C22H36N6.HI/c1-18-14-20(8-9-28(18)16-19-6-4-3-5-7-19)25-22(23-2)24-15-21-17-26-10-12-27(21)13-11-26;/h3-7,18,20-21H,8-17H2,1-2H3,(H2,23,24,25);1H. The molecule has 2 bridgehead atoms. The molecule has 4 heterocycles. The Hall–Kier alpha value is -0.900. The summed E-state index contributed by atoms with van der Waals surface area (Å²) < 4.78 is 0. The van der Waals surface area contributed by atoms with Crippen molar-refractivity contribution in [3.05, 3.63) is 35.9 Å². The molecule has 7 heteroatoms. The number of likely N-dealkylation sites (tertiary alicyclic amines) is 1. The maximum atomic E-state index is 4.49. The first-order chi connectivity index (χ1) is 13.7. The van der Waals surface area contributed by atoms with Gasteiger partial charge in [-0.3, -0.25) is 19.7 Å². The van der Waals surface area contributed by atoms with E-state index in [2.05, 4.69) is 67.6 Å². The molecule has 0 amide bonds. The molecule has 3 unspecified atom stereocenters. The number of rotatable bonds is 5. The Morgan fingerprint density at radius 1 is 1.10 bits per heavy atom. The lowest BCUT2D eigenvalue weighted by Crippen LogP contribution is -2.64. The van der Waals surface area contributed by atoms with Gasteiger partial charge >= 0.3 is 0 Å². The molecule has 4 aliphatic heterocycles. The predicted molar refractivity (Wildman–Crippen MR) is 131 cm³/mol. The number of fused-ring (bicyclic) bond motifs is 3. The number of hydrogen-bond acceptors (Lipinski definition) is 4. The van der Waals surface area contributed by atoms with Crippen molar-refractivity contribution in [3.63, 3.8) is 0 Å². The van der Waals surface area contributed by atoms with Gasteiger partial charge in [0.2, 0.25) is 0 Å². The van der Waals surface area contributed by atoms with Gasteiger partial charge in [-0.05, 0) is 25.3 Å². The topological polar surface area (TPSA) is 46.1 Å². The highest BCUT2D eigenvalue weighted by Gasteiger charge is 2.32. The van der Waals surface area contributed by atoms with Crippen LogP contribution in [0.15, 0.2) is 35.3 Å². The lowest BCUT2D eigenvalue weighted by molar-refractivity contribution is 0.0154. The first-order valence-electron chi connectivity index (χ1n) is 10.9. The molecule has 6 nitrogen and oxygen atoms in total. The van der Waals surface area contributed by atoms with Crippen molar-refractivity contribution >= 4 is 29.9 Å². The van der Waals surface area contributed by atoms with E-state index in [1.165, 1.54) is 44.7 Å². The fourth-order valence-electron chi connectivity index (χ4n) is 4.93. The molecule has 4 fully saturated rings. The minimum Gasteiger partial charge on any atom is -0.355 e. The zero-order chi connectivity index (χ0) is 19.3. The van der Waals surface area contributed by atoms with Gasteiger partial charge < -0.3 is 10.6 Å². The summed E-state index contributed by atoms with van der Waals surface area (Å²) in [6, 6.07) is 12.5. The summed E-state index contributed by atoms with van der Waals surface area (Å²) in [5, 5.41) is 7.28. The van der Waals surface area contributed by atoms with Crippen molar-refractivity contribution in [2.24, 2.45) is 4.99 Å². The zero-order valence-corrected chi connectivity index (χ0v) is 20.2. The van der Waals surface area contributed by atoms with Crippen LogP contribution in [0, 0.1) is 0 Å². The molecule has 0 spiro atoms. The number of halogens is 1. The Labute approximate surface area is 193 Å². The van der Waals surface area contributed by atoms with Gasteiger partial charge in [-0.25, -0.2) is 0 Å². The fourth-order valence-corrected chi connectivity index (χ4v) is 4.93. The molecular formula is C22H37IN6. The van der Waals surface area contributed by atoms with Crippen LogP contribution in [0.5, 0.6) is 0 Å². The quantitative estimate of drug-likeness (QED) is 0.358. The minimum absolute atomic E-state index is 0. The molecule has 0 aromatic heterocycles. The second-order valence-corrected chi connectivity index (χ2v) is 8.61. The molecule has 5 rings (SSSR count). The lowest BCUT2D eigenvalue weighted by atomic mass is 9.97. The number of aliphatic imine (C=N–C) groups is 1. The van der Waals surface area contributed by atoms with E-state index in [1.807, 2.05) is 7.05 Å². The first kappa shape index (κ1) is 22.8. The molecule has 4 saturated heterocycles. The van der Waals surface area contributed by atoms with E-state index in [0.29, 0.717) is 18.1 Å². The van der Waals surface area contributed by atoms with Crippen LogP contribution in [0.25, 0.3) is 0 Å². The van der Waals surface area contributed by atoms with Crippen molar-refractivity contribution in [1.29, 1.82) is 0 Å². The highest BCUT2D eigenvalue weighted by molar-refractivity contribution is 14.0. The molecule has 0 radical (unpaired) electrons. The molecule has 2 N–H and O–H groups in total. The highest BCUT2D eigenvalue weighted by Crippen LogP contribution is 2.20. The predicted octanol–water partition coefficient (Wildman–Crippen LogP) is 1.82. The van der Waals surface area contributed by atoms with Crippen LogP contribution in [-0.2, 0) is 6.54 Å². The van der Waals surface area contributed by atoms with Gasteiger partial charge in [0.25, 0.3) is 0 Å². The van der Waals surface area contributed by atoms with Crippen LogP contribution in [-0.4, -0.2) is 91.6 Å². The van der Waals surface area contributed by atoms with Gasteiger partial charge in [-0.2, -0.15) is 0 Å². The van der Waals surface area contributed by atoms with Gasteiger partial charge in [0.05, 0.1) is 0 Å². The number of piperidine rings is 1. The van der Waals surface area contributed by atoms with Crippen LogP contribution in [0.1, 0.15) is 25.3 Å². The van der Waals surface area contributed by atoms with E-state index in [1.54, 1.807) is 0 Å². The Balaban J connectivity index is 0.00000240. The Bertz CT molecular complexity index is 646. The lowest BCUT2D eigenvalue weighted by Gasteiger charge is -2.47. The summed E-state index contributed by atoms with van der Waals surface area (Å²) in [5.74, 6) is 0.964. The maximum absolute atomic E-state index is 4.49. The zero-order valence-electron chi connectivity index (χ0n) is 17.9. The third-order valence-electron chi connectivity index (χ3n) is 6.70. The van der Waals surface area contributed by atoms with Crippen LogP contribution in [0.4, 0.5) is 0 Å². The van der Waals surface area contributed by atoms with Crippen molar-refractivity contribution in [1.82, 2.24) is 25.3 Å². The Morgan fingerprint density at radius 3 is 2.48 bits per heavy atom. The molecule has 1 aromatic rings. The molecule has 162 valence electrons. The normalized spacial score (nSPS) is 32.5. The minimum atomic E-state index is 0. The smallest absolute Gasteiger partial charge is 0.191 e. The van der Waals surface area contributed by atoms with Crippen molar-refractivity contribution in [2.45, 2.75) is 44.4 Å². The number of nitrogens with zero attached hydrogens (tertiary/aromatic N) is 4. The average Bonchev–Trinajstić information content (AvgIpc) is 2.74. The second kappa shape index (κ2) is 10.9. The summed E-state index contributed by atoms with van der Waals surface area (Å²) in [7, 11) is 1.89. The van der Waals surface area contributed by atoms with Gasteiger partial charge in [-0.15, -0.1) is 24.0 Å². The van der Waals surface area contributed by atoms with E-state index < -0.39 is 0 Å². The molecule has 3 atom stereocenters. The fraction of sp³-hybridized carbons (Fsp3) is 0.682. The van der Waals surface area contributed by atoms with Crippen molar-refractivity contribution < 1.29 is 0 Å². The molecule has 0 aliphatic carbocycles. The number of nitrogens with one attached hydrogen (secondary N) is 2. The molecule has 1 aromatic carbocycles. The van der Waals surface area contributed by atoms with E-state index in [9.17, 15) is 0 Å². The molecule has 4 aliphatic rings. The van der Waals surface area contributed by atoms with Gasteiger partial charge in [0.1, 0.15) is 0 Å². The van der Waals surface area contributed by atoms with Crippen molar-refractivity contribution in [3.8, 4) is 0 Å². The highest BCUT2D eigenvalue weighted by atomic mass is 127. The van der Waals surface area contributed by atoms with Crippen LogP contribution >= 0.6 is 24.0 Å². The molecule has 0 saturated carbocycles. The second-order valence-electron chi connectivity index (χ2n) is 8.61. The maximum Gasteiger partial charge on any atom is 0.191 e. The SMILES string of the molecule is CN=C(NCC1CN2CCN1CC2)NC1CCN(Cc2ccccc2)C(C)C1.I. The van der Waals surface area contributed by atoms with Gasteiger partial charge in [0, 0.05) is 77.5 Å². The number of guanidine groups is 1. The Morgan fingerprint density at radius 2 is 1.86 bits per heavy atom. The van der Waals surface area contributed by atoms with Crippen molar-refractivity contribution in [2.75, 3.05) is 52.9 Å². The number of hydrogen-bond donors (Lipinski definition) is 2. The largest absolute Gasteiger partial charge is 0.355 e. The number of piperazine rings is 3. The molecule has 29 heavy (non-hydrogen) atoms. The van der Waals surface area contributed by atoms with Gasteiger partial charge in [-0.1, -0.05) is 30.3 Å².